The van der Waals surface area contributed by atoms with Crippen molar-refractivity contribution in [2.45, 2.75) is 44.6 Å². The van der Waals surface area contributed by atoms with Gasteiger partial charge in [0.15, 0.2) is 0 Å². The Kier molecular flexibility index (Phi) is 6.38. The Labute approximate surface area is 219 Å². The number of fused-ring (bicyclic) bond motifs is 2. The van der Waals surface area contributed by atoms with E-state index in [0.29, 0.717) is 35.5 Å². The molecule has 5 rings (SSSR count). The average Bonchev–Trinajstić information content (AvgIpc) is 3.30. The molecule has 2 aliphatic heterocycles. The van der Waals surface area contributed by atoms with Crippen molar-refractivity contribution in [1.29, 1.82) is 0 Å². The number of hydrogen-bond donors (Lipinski definition) is 2. The molecule has 0 radical (unpaired) electrons. The number of carbonyl (C=O) groups excluding carboxylic acids is 3. The molecule has 13 heteroatoms. The molecule has 0 unspecified atom stereocenters. The highest BCUT2D eigenvalue weighted by Crippen LogP contribution is 2.41. The summed E-state index contributed by atoms with van der Waals surface area (Å²) in [4.78, 5) is 44.3. The Balaban J connectivity index is 1.46. The van der Waals surface area contributed by atoms with E-state index in [-0.39, 0.29) is 17.6 Å². The van der Waals surface area contributed by atoms with Crippen LogP contribution in [0.1, 0.15) is 48.7 Å². The van der Waals surface area contributed by atoms with Gasteiger partial charge in [0.1, 0.15) is 11.9 Å². The van der Waals surface area contributed by atoms with Gasteiger partial charge in [0, 0.05) is 30.3 Å². The predicted octanol–water partition coefficient (Wildman–Crippen LogP) is 1.19. The first-order valence-corrected chi connectivity index (χ1v) is 13.6. The van der Waals surface area contributed by atoms with Gasteiger partial charge in [-0.05, 0) is 47.6 Å². The SMILES string of the molecule is COc1ccc2c(n1)CCN(C(=O)CN1CC(=O)NS1(=O)=O)[C@H]2C(=O)Nc1cc(F)c2c(c1)CCC2(C)C. The van der Waals surface area contributed by atoms with Crippen molar-refractivity contribution in [2.24, 2.45) is 0 Å². The normalized spacial score (nSPS) is 21.4. The fourth-order valence-electron chi connectivity index (χ4n) is 5.47. The number of carbonyl (C=O) groups is 3. The Morgan fingerprint density at radius 1 is 1.26 bits per heavy atom. The Bertz CT molecular complexity index is 1460. The molecule has 0 bridgehead atoms. The standard InChI is InChI=1S/C25H28FN5O6S/c1-25(2)8-6-14-10-15(11-17(26)22(14)25)27-24(34)23-16-4-5-20(37-3)28-18(16)7-9-31(23)21(33)13-30-12-19(32)29-38(30,35)36/h4-5,10-11,23H,6-9,12-13H2,1-3H3,(H,27,34)(H,29,32)/t23-/m1/s1. The quantitative estimate of drug-likeness (QED) is 0.576. The number of benzene rings is 1. The van der Waals surface area contributed by atoms with Crippen LogP contribution in [0.3, 0.4) is 0 Å². The fourth-order valence-corrected chi connectivity index (χ4v) is 6.52. The first-order chi connectivity index (χ1) is 17.9. The topological polar surface area (TPSA) is 138 Å². The summed E-state index contributed by atoms with van der Waals surface area (Å²) in [6, 6.07) is 5.07. The van der Waals surface area contributed by atoms with Gasteiger partial charge >= 0.3 is 10.2 Å². The lowest BCUT2D eigenvalue weighted by Gasteiger charge is -2.36. The predicted molar refractivity (Wildman–Crippen MR) is 134 cm³/mol. The van der Waals surface area contributed by atoms with Gasteiger partial charge in [-0.1, -0.05) is 13.8 Å². The maximum Gasteiger partial charge on any atom is 0.304 e. The van der Waals surface area contributed by atoms with E-state index in [2.05, 4.69) is 10.3 Å². The van der Waals surface area contributed by atoms with Crippen LogP contribution in [0.2, 0.25) is 0 Å². The molecular weight excluding hydrogens is 517 g/mol. The number of aromatic nitrogens is 1. The Morgan fingerprint density at radius 2 is 2.03 bits per heavy atom. The molecule has 11 nitrogen and oxygen atoms in total. The second-order valence-electron chi connectivity index (χ2n) is 10.3. The molecule has 0 spiro atoms. The second kappa shape index (κ2) is 9.31. The molecule has 1 fully saturated rings. The van der Waals surface area contributed by atoms with E-state index in [4.69, 9.17) is 4.74 Å². The highest BCUT2D eigenvalue weighted by Gasteiger charge is 2.41. The summed E-state index contributed by atoms with van der Waals surface area (Å²) in [6.45, 7) is 2.93. The molecule has 202 valence electrons. The van der Waals surface area contributed by atoms with Crippen LogP contribution in [0, 0.1) is 5.82 Å². The number of ether oxygens (including phenoxy) is 1. The zero-order valence-electron chi connectivity index (χ0n) is 21.2. The second-order valence-corrected chi connectivity index (χ2v) is 12.0. The minimum atomic E-state index is -4.13. The van der Waals surface area contributed by atoms with Crippen LogP contribution < -0.4 is 14.8 Å². The van der Waals surface area contributed by atoms with E-state index >= 15 is 4.39 Å². The van der Waals surface area contributed by atoms with Crippen LogP contribution in [-0.2, 0) is 42.8 Å². The number of nitrogens with zero attached hydrogens (tertiary/aromatic N) is 3. The van der Waals surface area contributed by atoms with Gasteiger partial charge in [-0.15, -0.1) is 0 Å². The van der Waals surface area contributed by atoms with E-state index in [0.717, 1.165) is 16.3 Å². The summed E-state index contributed by atoms with van der Waals surface area (Å²) in [7, 11) is -2.67. The van der Waals surface area contributed by atoms with Crippen LogP contribution in [-0.4, -0.2) is 67.1 Å². The first-order valence-electron chi connectivity index (χ1n) is 12.2. The lowest BCUT2D eigenvalue weighted by atomic mass is 9.86. The molecule has 1 aliphatic carbocycles. The Morgan fingerprint density at radius 3 is 2.71 bits per heavy atom. The van der Waals surface area contributed by atoms with E-state index in [1.807, 2.05) is 18.6 Å². The largest absolute Gasteiger partial charge is 0.481 e. The third kappa shape index (κ3) is 4.60. The summed E-state index contributed by atoms with van der Waals surface area (Å²) in [5.41, 5.74) is 2.43. The number of halogens is 1. The number of nitrogens with one attached hydrogen (secondary N) is 2. The lowest BCUT2D eigenvalue weighted by Crippen LogP contribution is -2.49. The van der Waals surface area contributed by atoms with Crippen molar-refractivity contribution < 1.29 is 31.9 Å². The summed E-state index contributed by atoms with van der Waals surface area (Å²) in [6.07, 6.45) is 1.77. The minimum absolute atomic E-state index is 0.0755. The number of hydrogen-bond acceptors (Lipinski definition) is 7. The van der Waals surface area contributed by atoms with Crippen molar-refractivity contribution in [2.75, 3.05) is 32.1 Å². The fraction of sp³-hybridized carbons (Fsp3) is 0.440. The summed E-state index contributed by atoms with van der Waals surface area (Å²) >= 11 is 0. The number of methoxy groups -OCH3 is 1. The van der Waals surface area contributed by atoms with Gasteiger partial charge in [0.2, 0.25) is 17.7 Å². The zero-order chi connectivity index (χ0) is 27.4. The molecule has 1 aromatic heterocycles. The molecular formula is C25H28FN5O6S. The van der Waals surface area contributed by atoms with Crippen molar-refractivity contribution >= 4 is 33.6 Å². The van der Waals surface area contributed by atoms with Crippen molar-refractivity contribution in [1.82, 2.24) is 18.9 Å². The molecule has 3 amide bonds. The van der Waals surface area contributed by atoms with E-state index in [9.17, 15) is 22.8 Å². The molecule has 2 N–H and O–H groups in total. The van der Waals surface area contributed by atoms with Gasteiger partial charge in [-0.25, -0.2) is 14.1 Å². The summed E-state index contributed by atoms with van der Waals surface area (Å²) < 4.78 is 47.2. The van der Waals surface area contributed by atoms with Crippen LogP contribution in [0.15, 0.2) is 24.3 Å². The van der Waals surface area contributed by atoms with Gasteiger partial charge < -0.3 is 15.0 Å². The van der Waals surface area contributed by atoms with Gasteiger partial charge in [0.05, 0.1) is 25.9 Å². The molecule has 3 heterocycles. The van der Waals surface area contributed by atoms with E-state index < -0.39 is 52.9 Å². The highest BCUT2D eigenvalue weighted by molar-refractivity contribution is 7.88. The first kappa shape index (κ1) is 26.0. The third-order valence-corrected chi connectivity index (χ3v) is 8.73. The monoisotopic (exact) mass is 545 g/mol. The van der Waals surface area contributed by atoms with E-state index in [1.165, 1.54) is 18.1 Å². The number of aryl methyl sites for hydroxylation is 1. The maximum absolute atomic E-state index is 15.1. The number of anilines is 1. The molecule has 38 heavy (non-hydrogen) atoms. The summed E-state index contributed by atoms with van der Waals surface area (Å²) in [5, 5.41) is 2.75. The van der Waals surface area contributed by atoms with Crippen LogP contribution in [0.4, 0.5) is 10.1 Å². The smallest absolute Gasteiger partial charge is 0.304 e. The average molecular weight is 546 g/mol. The summed E-state index contributed by atoms with van der Waals surface area (Å²) in [5.74, 6) is -2.05. The van der Waals surface area contributed by atoms with Crippen molar-refractivity contribution in [3.05, 3.63) is 52.5 Å². The van der Waals surface area contributed by atoms with Crippen molar-refractivity contribution in [3.8, 4) is 5.88 Å². The van der Waals surface area contributed by atoms with Crippen LogP contribution >= 0.6 is 0 Å². The van der Waals surface area contributed by atoms with Gasteiger partial charge in [-0.3, -0.25) is 14.4 Å². The molecule has 2 aromatic rings. The molecule has 1 saturated heterocycles. The van der Waals surface area contributed by atoms with Gasteiger partial charge in [0.25, 0.3) is 5.91 Å². The Hall–Kier alpha value is -3.58. The zero-order valence-corrected chi connectivity index (χ0v) is 22.0. The number of amides is 3. The molecule has 0 saturated carbocycles. The lowest BCUT2D eigenvalue weighted by molar-refractivity contribution is -0.139. The minimum Gasteiger partial charge on any atom is -0.481 e. The maximum atomic E-state index is 15.1. The van der Waals surface area contributed by atoms with Crippen LogP contribution in [0.25, 0.3) is 0 Å². The molecule has 3 aliphatic rings. The van der Waals surface area contributed by atoms with Crippen molar-refractivity contribution in [3.63, 3.8) is 0 Å². The van der Waals surface area contributed by atoms with Gasteiger partial charge in [-0.2, -0.15) is 12.7 Å². The third-order valence-electron chi connectivity index (χ3n) is 7.31. The molecule has 1 aromatic carbocycles. The highest BCUT2D eigenvalue weighted by atomic mass is 32.2. The number of pyridine rings is 1. The molecule has 1 atom stereocenters. The number of rotatable bonds is 5. The van der Waals surface area contributed by atoms with E-state index in [1.54, 1.807) is 18.2 Å². The van der Waals surface area contributed by atoms with Crippen LogP contribution in [0.5, 0.6) is 5.88 Å².